The van der Waals surface area contributed by atoms with Crippen LogP contribution in [-0.4, -0.2) is 18.7 Å². The molecule has 0 saturated carbocycles. The summed E-state index contributed by atoms with van der Waals surface area (Å²) in [4.78, 5) is 13.3. The largest absolute Gasteiger partial charge is 0.278 e. The van der Waals surface area contributed by atoms with Crippen LogP contribution in [0.4, 0.5) is 0 Å². The Morgan fingerprint density at radius 3 is 1.96 bits per heavy atom. The zero-order valence-electron chi connectivity index (χ0n) is 15.3. The summed E-state index contributed by atoms with van der Waals surface area (Å²) in [5.74, 6) is 0.0264. The van der Waals surface area contributed by atoms with E-state index in [9.17, 15) is 4.79 Å². The quantitative estimate of drug-likeness (QED) is 0.603. The van der Waals surface area contributed by atoms with E-state index >= 15 is 0 Å². The number of amides is 1. The summed E-state index contributed by atoms with van der Waals surface area (Å²) in [7, 11) is -1.77. The first-order valence-electron chi connectivity index (χ1n) is 8.86. The second-order valence-electron chi connectivity index (χ2n) is 7.57. The molecule has 4 rings (SSSR count). The Morgan fingerprint density at radius 1 is 0.769 bits per heavy atom. The molecule has 0 aliphatic carbocycles. The van der Waals surface area contributed by atoms with E-state index < -0.39 is 8.07 Å². The average Bonchev–Trinajstić information content (AvgIpc) is 3.23. The molecule has 0 N–H and O–H groups in total. The van der Waals surface area contributed by atoms with Gasteiger partial charge in [-0.05, 0) is 29.0 Å². The Labute approximate surface area is 155 Å². The van der Waals surface area contributed by atoms with Gasteiger partial charge in [-0.15, -0.1) is 0 Å². The van der Waals surface area contributed by atoms with E-state index in [0.717, 1.165) is 16.8 Å². The molecule has 0 unspecified atom stereocenters. The van der Waals surface area contributed by atoms with E-state index in [-0.39, 0.29) is 5.91 Å². The van der Waals surface area contributed by atoms with Gasteiger partial charge < -0.3 is 0 Å². The van der Waals surface area contributed by atoms with Gasteiger partial charge in [0, 0.05) is 18.0 Å². The second kappa shape index (κ2) is 6.14. The molecular formula is C22H22N2OSi. The van der Waals surface area contributed by atoms with Gasteiger partial charge >= 0.3 is 0 Å². The molecule has 1 aromatic heterocycles. The van der Waals surface area contributed by atoms with Crippen molar-refractivity contribution in [1.82, 2.24) is 4.68 Å². The number of benzene rings is 2. The molecule has 26 heavy (non-hydrogen) atoms. The van der Waals surface area contributed by atoms with E-state index in [0.29, 0.717) is 0 Å². The number of carbonyl (C=O) groups is 1. The van der Waals surface area contributed by atoms with Crippen LogP contribution in [0.2, 0.25) is 19.6 Å². The van der Waals surface area contributed by atoms with Gasteiger partial charge in [-0.25, -0.2) is 5.01 Å². The first kappa shape index (κ1) is 16.6. The van der Waals surface area contributed by atoms with Gasteiger partial charge in [0.2, 0.25) is 0 Å². The predicted molar refractivity (Wildman–Crippen MR) is 110 cm³/mol. The van der Waals surface area contributed by atoms with Crippen molar-refractivity contribution in [1.29, 1.82) is 0 Å². The molecule has 0 fully saturated rings. The molecule has 0 radical (unpaired) electrons. The number of hydrogen-bond acceptors (Lipinski definition) is 1. The third-order valence-corrected chi connectivity index (χ3v) is 6.71. The summed E-state index contributed by atoms with van der Waals surface area (Å²) in [5.41, 5.74) is 4.01. The Bertz CT molecular complexity index is 982. The highest BCUT2D eigenvalue weighted by atomic mass is 28.3. The third-order valence-electron chi connectivity index (χ3n) is 4.69. The maximum atomic E-state index is 13.3. The monoisotopic (exact) mass is 358 g/mol. The van der Waals surface area contributed by atoms with Crippen LogP contribution in [-0.2, 0) is 0 Å². The fourth-order valence-corrected chi connectivity index (χ4v) is 5.64. The summed E-state index contributed by atoms with van der Waals surface area (Å²) in [6.07, 6.45) is 3.85. The molecule has 3 aromatic rings. The molecule has 0 bridgehead atoms. The molecule has 1 aliphatic rings. The van der Waals surface area contributed by atoms with E-state index in [4.69, 9.17) is 0 Å². The van der Waals surface area contributed by atoms with Crippen LogP contribution in [0.1, 0.15) is 21.5 Å². The normalized spacial score (nSPS) is 16.0. The van der Waals surface area contributed by atoms with Gasteiger partial charge in [0.15, 0.2) is 0 Å². The van der Waals surface area contributed by atoms with Crippen LogP contribution in [0.25, 0.3) is 10.9 Å². The van der Waals surface area contributed by atoms with Crippen molar-refractivity contribution in [2.45, 2.75) is 19.6 Å². The standard InChI is InChI=1S/C22H22N2OSi/c1-26(2,3)21(17-11-5-4-6-12-17)20-18-13-7-8-14-19(18)22(25)24(20)23-15-9-10-16-23/h4-16H,1-3H3/b21-20-. The lowest BCUT2D eigenvalue weighted by Crippen LogP contribution is -2.36. The highest BCUT2D eigenvalue weighted by molar-refractivity contribution is 6.95. The number of rotatable bonds is 3. The smallest absolute Gasteiger partial charge is 0.267 e. The first-order valence-corrected chi connectivity index (χ1v) is 12.4. The SMILES string of the molecule is C[Si](C)(C)/C(=C1/c2ccccc2C(=O)N1n1cccc1)c1ccccc1. The van der Waals surface area contributed by atoms with Crippen LogP contribution in [0.5, 0.6) is 0 Å². The minimum absolute atomic E-state index is 0.0264. The first-order chi connectivity index (χ1) is 12.5. The zero-order chi connectivity index (χ0) is 18.3. The molecule has 1 amide bonds. The van der Waals surface area contributed by atoms with Crippen molar-refractivity contribution in [3.63, 3.8) is 0 Å². The van der Waals surface area contributed by atoms with E-state index in [1.807, 2.05) is 58.5 Å². The molecule has 0 spiro atoms. The maximum absolute atomic E-state index is 13.3. The number of aromatic nitrogens is 1. The van der Waals surface area contributed by atoms with Crippen molar-refractivity contribution in [3.8, 4) is 0 Å². The molecule has 0 saturated heterocycles. The molecule has 4 heteroatoms. The summed E-state index contributed by atoms with van der Waals surface area (Å²) < 4.78 is 1.89. The Balaban J connectivity index is 2.09. The summed E-state index contributed by atoms with van der Waals surface area (Å²) in [5, 5.41) is 3.12. The lowest BCUT2D eigenvalue weighted by molar-refractivity contribution is 0.0984. The van der Waals surface area contributed by atoms with Crippen molar-refractivity contribution in [3.05, 3.63) is 95.8 Å². The van der Waals surface area contributed by atoms with E-state index in [2.05, 4.69) is 50.0 Å². The molecular weight excluding hydrogens is 336 g/mol. The predicted octanol–water partition coefficient (Wildman–Crippen LogP) is 5.03. The molecule has 2 heterocycles. The Kier molecular flexibility index (Phi) is 3.92. The van der Waals surface area contributed by atoms with Gasteiger partial charge in [-0.3, -0.25) is 9.47 Å². The van der Waals surface area contributed by atoms with Crippen LogP contribution in [0, 0.1) is 0 Å². The summed E-state index contributed by atoms with van der Waals surface area (Å²) in [6, 6.07) is 22.3. The van der Waals surface area contributed by atoms with Gasteiger partial charge in [-0.1, -0.05) is 68.2 Å². The summed E-state index contributed by atoms with van der Waals surface area (Å²) >= 11 is 0. The second-order valence-corrected chi connectivity index (χ2v) is 12.6. The molecule has 3 nitrogen and oxygen atoms in total. The zero-order valence-corrected chi connectivity index (χ0v) is 16.3. The average molecular weight is 359 g/mol. The van der Waals surface area contributed by atoms with Gasteiger partial charge in [-0.2, -0.15) is 0 Å². The van der Waals surface area contributed by atoms with E-state index in [1.165, 1.54) is 10.8 Å². The number of hydrogen-bond donors (Lipinski definition) is 0. The Morgan fingerprint density at radius 2 is 1.35 bits per heavy atom. The van der Waals surface area contributed by atoms with Crippen molar-refractivity contribution < 1.29 is 4.79 Å². The fourth-order valence-electron chi connectivity index (χ4n) is 3.66. The molecule has 130 valence electrons. The van der Waals surface area contributed by atoms with Crippen molar-refractivity contribution in [2.24, 2.45) is 0 Å². The number of fused-ring (bicyclic) bond motifs is 1. The lowest BCUT2D eigenvalue weighted by Gasteiger charge is -2.29. The van der Waals surface area contributed by atoms with Crippen LogP contribution in [0.3, 0.4) is 0 Å². The van der Waals surface area contributed by atoms with Gasteiger partial charge in [0.25, 0.3) is 5.91 Å². The third kappa shape index (κ3) is 2.63. The van der Waals surface area contributed by atoms with Crippen LogP contribution in [0.15, 0.2) is 79.1 Å². The van der Waals surface area contributed by atoms with Gasteiger partial charge in [0.05, 0.1) is 19.3 Å². The van der Waals surface area contributed by atoms with E-state index in [1.54, 1.807) is 0 Å². The highest BCUT2D eigenvalue weighted by Gasteiger charge is 2.38. The molecule has 2 aromatic carbocycles. The summed E-state index contributed by atoms with van der Waals surface area (Å²) in [6.45, 7) is 7.00. The number of nitrogens with zero attached hydrogens (tertiary/aromatic N) is 2. The van der Waals surface area contributed by atoms with Crippen molar-refractivity contribution in [2.75, 3.05) is 5.01 Å². The topological polar surface area (TPSA) is 25.2 Å². The minimum atomic E-state index is -1.77. The minimum Gasteiger partial charge on any atom is -0.267 e. The van der Waals surface area contributed by atoms with Crippen LogP contribution >= 0.6 is 0 Å². The maximum Gasteiger partial charge on any atom is 0.278 e. The lowest BCUT2D eigenvalue weighted by atomic mass is 10.1. The molecule has 0 atom stereocenters. The highest BCUT2D eigenvalue weighted by Crippen LogP contribution is 2.40. The van der Waals surface area contributed by atoms with Crippen molar-refractivity contribution >= 4 is 24.9 Å². The Hall–Kier alpha value is -2.85. The van der Waals surface area contributed by atoms with Crippen LogP contribution < -0.4 is 5.01 Å². The number of carbonyl (C=O) groups excluding carboxylic acids is 1. The fraction of sp³-hybridized carbons (Fsp3) is 0.136. The molecule has 1 aliphatic heterocycles. The van der Waals surface area contributed by atoms with Gasteiger partial charge in [0.1, 0.15) is 0 Å².